The number of hydrogen-bond donors (Lipinski definition) is 1. The highest BCUT2D eigenvalue weighted by Crippen LogP contribution is 2.34. The van der Waals surface area contributed by atoms with Crippen LogP contribution in [0.2, 0.25) is 5.02 Å². The van der Waals surface area contributed by atoms with Crippen molar-refractivity contribution < 1.29 is 23.1 Å². The molecule has 4 nitrogen and oxygen atoms in total. The number of aromatic nitrogens is 2. The predicted octanol–water partition coefficient (Wildman–Crippen LogP) is 4.31. The number of hydrogen-bond acceptors (Lipinski definition) is 2. The van der Waals surface area contributed by atoms with Crippen LogP contribution in [0.3, 0.4) is 0 Å². The van der Waals surface area contributed by atoms with Crippen LogP contribution < -0.4 is 0 Å². The number of benzene rings is 1. The molecule has 0 bridgehead atoms. The number of halogens is 5. The SMILES string of the molecule is Cc1cc(-n2cc(Br)c(C(F)(F)F)n2)cc(C(=O)O)c1Cl. The van der Waals surface area contributed by atoms with Gasteiger partial charge < -0.3 is 5.11 Å². The second kappa shape index (κ2) is 5.34. The summed E-state index contributed by atoms with van der Waals surface area (Å²) in [5.74, 6) is -1.27. The molecule has 0 saturated heterocycles. The van der Waals surface area contributed by atoms with E-state index in [4.69, 9.17) is 16.7 Å². The largest absolute Gasteiger partial charge is 0.478 e. The van der Waals surface area contributed by atoms with Crippen LogP contribution in [-0.2, 0) is 6.18 Å². The molecule has 0 atom stereocenters. The van der Waals surface area contributed by atoms with Crippen LogP contribution in [0.4, 0.5) is 13.2 Å². The minimum Gasteiger partial charge on any atom is -0.478 e. The van der Waals surface area contributed by atoms with E-state index < -0.39 is 17.8 Å². The summed E-state index contributed by atoms with van der Waals surface area (Å²) in [5.41, 5.74) is -0.698. The van der Waals surface area contributed by atoms with Gasteiger partial charge in [-0.15, -0.1) is 0 Å². The molecule has 0 spiro atoms. The molecule has 1 heterocycles. The first-order valence-corrected chi connectivity index (χ1v) is 6.64. The molecule has 1 aromatic heterocycles. The maximum absolute atomic E-state index is 12.7. The topological polar surface area (TPSA) is 55.1 Å². The lowest BCUT2D eigenvalue weighted by Gasteiger charge is -2.08. The number of carboxylic acids is 1. The van der Waals surface area contributed by atoms with Crippen LogP contribution in [0.1, 0.15) is 21.6 Å². The van der Waals surface area contributed by atoms with E-state index in [1.165, 1.54) is 6.07 Å². The molecule has 21 heavy (non-hydrogen) atoms. The number of carboxylic acid groups (broad SMARTS) is 1. The standard InChI is InChI=1S/C12H7BrClF3N2O2/c1-5-2-6(3-7(9(5)14)11(20)21)19-4-8(13)10(18-19)12(15,16)17/h2-4H,1H3,(H,20,21). The summed E-state index contributed by atoms with van der Waals surface area (Å²) < 4.78 is 38.8. The van der Waals surface area contributed by atoms with Crippen LogP contribution in [0, 0.1) is 6.92 Å². The van der Waals surface area contributed by atoms with Crippen LogP contribution in [0.15, 0.2) is 22.8 Å². The van der Waals surface area contributed by atoms with Gasteiger partial charge in [0.2, 0.25) is 0 Å². The molecule has 1 N–H and O–H groups in total. The van der Waals surface area contributed by atoms with Crippen molar-refractivity contribution in [1.29, 1.82) is 0 Å². The number of aromatic carboxylic acids is 1. The lowest BCUT2D eigenvalue weighted by atomic mass is 10.1. The Hall–Kier alpha value is -1.54. The van der Waals surface area contributed by atoms with Crippen molar-refractivity contribution in [2.45, 2.75) is 13.1 Å². The van der Waals surface area contributed by atoms with E-state index in [0.717, 1.165) is 16.9 Å². The molecule has 0 radical (unpaired) electrons. The van der Waals surface area contributed by atoms with Crippen molar-refractivity contribution in [2.24, 2.45) is 0 Å². The maximum Gasteiger partial charge on any atom is 0.436 e. The summed E-state index contributed by atoms with van der Waals surface area (Å²) in [6.07, 6.45) is -3.50. The predicted molar refractivity (Wildman–Crippen MR) is 73.0 cm³/mol. The van der Waals surface area contributed by atoms with Gasteiger partial charge in [-0.1, -0.05) is 11.6 Å². The summed E-state index contributed by atoms with van der Waals surface area (Å²) in [6.45, 7) is 1.56. The number of aryl methyl sites for hydroxylation is 1. The molecule has 1 aromatic carbocycles. The average Bonchev–Trinajstić information content (AvgIpc) is 2.74. The zero-order valence-corrected chi connectivity index (χ0v) is 12.7. The number of nitrogens with zero attached hydrogens (tertiary/aromatic N) is 2. The highest BCUT2D eigenvalue weighted by atomic mass is 79.9. The van der Waals surface area contributed by atoms with Crippen molar-refractivity contribution in [1.82, 2.24) is 9.78 Å². The Morgan fingerprint density at radius 3 is 2.52 bits per heavy atom. The molecule has 0 amide bonds. The normalized spacial score (nSPS) is 11.7. The molecule has 112 valence electrons. The fraction of sp³-hybridized carbons (Fsp3) is 0.167. The lowest BCUT2D eigenvalue weighted by molar-refractivity contribution is -0.141. The molecule has 0 fully saturated rings. The van der Waals surface area contributed by atoms with E-state index in [0.29, 0.717) is 5.56 Å². The van der Waals surface area contributed by atoms with Gasteiger partial charge in [-0.05, 0) is 40.5 Å². The first-order chi connectivity index (χ1) is 9.61. The zero-order valence-electron chi connectivity index (χ0n) is 10.4. The molecule has 0 unspecified atom stereocenters. The van der Waals surface area contributed by atoms with Gasteiger partial charge in [-0.3, -0.25) is 0 Å². The summed E-state index contributed by atoms with van der Waals surface area (Å²) in [7, 11) is 0. The number of carbonyl (C=O) groups is 1. The molecular formula is C12H7BrClF3N2O2. The van der Waals surface area contributed by atoms with Gasteiger partial charge >= 0.3 is 12.1 Å². The third kappa shape index (κ3) is 3.06. The first-order valence-electron chi connectivity index (χ1n) is 5.47. The molecule has 2 rings (SSSR count). The van der Waals surface area contributed by atoms with Gasteiger partial charge in [0.05, 0.1) is 20.7 Å². The quantitative estimate of drug-likeness (QED) is 0.840. The van der Waals surface area contributed by atoms with Gasteiger partial charge in [0.25, 0.3) is 0 Å². The van der Waals surface area contributed by atoms with Gasteiger partial charge in [0.1, 0.15) is 0 Å². The maximum atomic E-state index is 12.7. The molecule has 0 aliphatic carbocycles. The summed E-state index contributed by atoms with van der Waals surface area (Å²) in [4.78, 5) is 11.1. The molecular weight excluding hydrogens is 376 g/mol. The summed E-state index contributed by atoms with van der Waals surface area (Å²) in [6, 6.07) is 2.62. The Morgan fingerprint density at radius 2 is 2.05 bits per heavy atom. The van der Waals surface area contributed by atoms with Gasteiger partial charge in [-0.2, -0.15) is 18.3 Å². The first kappa shape index (κ1) is 15.8. The van der Waals surface area contributed by atoms with Gasteiger partial charge in [0.15, 0.2) is 5.69 Å². The molecule has 0 saturated carbocycles. The van der Waals surface area contributed by atoms with E-state index in [1.807, 2.05) is 0 Å². The van der Waals surface area contributed by atoms with Crippen LogP contribution >= 0.6 is 27.5 Å². The van der Waals surface area contributed by atoms with Gasteiger partial charge in [0, 0.05) is 6.20 Å². The van der Waals surface area contributed by atoms with Gasteiger partial charge in [-0.25, -0.2) is 9.48 Å². The number of rotatable bonds is 2. The lowest BCUT2D eigenvalue weighted by Crippen LogP contribution is -2.08. The van der Waals surface area contributed by atoms with Crippen molar-refractivity contribution in [2.75, 3.05) is 0 Å². The Kier molecular flexibility index (Phi) is 4.03. The van der Waals surface area contributed by atoms with Crippen LogP contribution in [-0.4, -0.2) is 20.9 Å². The zero-order chi connectivity index (χ0) is 15.9. The van der Waals surface area contributed by atoms with Crippen molar-refractivity contribution >= 4 is 33.5 Å². The fourth-order valence-electron chi connectivity index (χ4n) is 1.72. The monoisotopic (exact) mass is 382 g/mol. The summed E-state index contributed by atoms with van der Waals surface area (Å²) >= 11 is 8.64. The van der Waals surface area contributed by atoms with Crippen molar-refractivity contribution in [3.63, 3.8) is 0 Å². The van der Waals surface area contributed by atoms with Crippen LogP contribution in [0.25, 0.3) is 5.69 Å². The second-order valence-corrected chi connectivity index (χ2v) is 5.43. The Morgan fingerprint density at radius 1 is 1.43 bits per heavy atom. The van der Waals surface area contributed by atoms with E-state index >= 15 is 0 Å². The molecule has 0 aliphatic rings. The van der Waals surface area contributed by atoms with E-state index in [9.17, 15) is 18.0 Å². The Balaban J connectivity index is 2.61. The minimum absolute atomic E-state index is 0.0357. The molecule has 2 aromatic rings. The Bertz CT molecular complexity index is 728. The Labute approximate surface area is 130 Å². The van der Waals surface area contributed by atoms with Crippen molar-refractivity contribution in [3.8, 4) is 5.69 Å². The van der Waals surface area contributed by atoms with E-state index in [1.54, 1.807) is 6.92 Å². The van der Waals surface area contributed by atoms with E-state index in [-0.39, 0.29) is 20.7 Å². The molecule has 9 heteroatoms. The fourth-order valence-corrected chi connectivity index (χ4v) is 2.40. The van der Waals surface area contributed by atoms with Crippen LogP contribution in [0.5, 0.6) is 0 Å². The third-order valence-electron chi connectivity index (χ3n) is 2.67. The van der Waals surface area contributed by atoms with Crippen molar-refractivity contribution in [3.05, 3.63) is 44.6 Å². The third-order valence-corrected chi connectivity index (χ3v) is 3.75. The highest BCUT2D eigenvalue weighted by molar-refractivity contribution is 9.10. The average molecular weight is 384 g/mol. The smallest absolute Gasteiger partial charge is 0.436 e. The second-order valence-electron chi connectivity index (χ2n) is 4.20. The van der Waals surface area contributed by atoms with E-state index in [2.05, 4.69) is 21.0 Å². The summed E-state index contributed by atoms with van der Waals surface area (Å²) in [5, 5.41) is 12.5. The minimum atomic E-state index is -4.61. The number of alkyl halides is 3. The molecule has 0 aliphatic heterocycles. The highest BCUT2D eigenvalue weighted by Gasteiger charge is 2.36.